The summed E-state index contributed by atoms with van der Waals surface area (Å²) in [6.07, 6.45) is 4.46. The molecule has 0 aromatic carbocycles. The summed E-state index contributed by atoms with van der Waals surface area (Å²) in [5, 5.41) is 0. The molecule has 0 N–H and O–H groups in total. The van der Waals surface area contributed by atoms with Gasteiger partial charge in [0.2, 0.25) is 0 Å². The third-order valence-electron chi connectivity index (χ3n) is 4.47. The summed E-state index contributed by atoms with van der Waals surface area (Å²) >= 11 is 0. The number of carbonyl (C=O) groups is 4. The van der Waals surface area contributed by atoms with Gasteiger partial charge in [-0.1, -0.05) is 12.8 Å². The number of rotatable bonds is 8. The van der Waals surface area contributed by atoms with E-state index < -0.39 is 35.5 Å². The first-order chi connectivity index (χ1) is 15.1. The summed E-state index contributed by atoms with van der Waals surface area (Å²) in [7, 11) is 0. The molecule has 184 valence electrons. The average molecular weight is 464 g/mol. The average Bonchev–Trinajstić information content (AvgIpc) is 2.71. The molecule has 32 heavy (non-hydrogen) atoms. The van der Waals surface area contributed by atoms with Gasteiger partial charge in [-0.2, -0.15) is 0 Å². The highest BCUT2D eigenvalue weighted by Gasteiger charge is 2.41. The van der Waals surface area contributed by atoms with Gasteiger partial charge in [-0.15, -0.1) is 19.6 Å². The molecule has 0 heterocycles. The van der Waals surface area contributed by atoms with Crippen molar-refractivity contribution < 1.29 is 58.3 Å². The van der Waals surface area contributed by atoms with Crippen molar-refractivity contribution in [2.24, 2.45) is 0 Å². The maximum absolute atomic E-state index is 11.3. The van der Waals surface area contributed by atoms with Crippen LogP contribution in [0.3, 0.4) is 0 Å². The van der Waals surface area contributed by atoms with Gasteiger partial charge in [-0.3, -0.25) is 19.6 Å². The Kier molecular flexibility index (Phi) is 12.1. The predicted molar refractivity (Wildman–Crippen MR) is 103 cm³/mol. The van der Waals surface area contributed by atoms with Gasteiger partial charge in [-0.25, -0.2) is 19.2 Å². The highest BCUT2D eigenvalue weighted by atomic mass is 17.3. The molecule has 0 aromatic heterocycles. The summed E-state index contributed by atoms with van der Waals surface area (Å²) in [4.78, 5) is 84.8. The van der Waals surface area contributed by atoms with E-state index in [4.69, 9.17) is 39.1 Å². The van der Waals surface area contributed by atoms with Gasteiger partial charge in [-0.05, 0) is 25.7 Å². The zero-order chi connectivity index (χ0) is 24.0. The molecule has 12 heteroatoms. The second-order valence-electron chi connectivity index (χ2n) is 7.58. The van der Waals surface area contributed by atoms with Gasteiger partial charge >= 0.3 is 23.9 Å². The molecule has 0 atom stereocenters. The lowest BCUT2D eigenvalue weighted by molar-refractivity contribution is -0.487. The topological polar surface area (TPSA) is 142 Å². The summed E-state index contributed by atoms with van der Waals surface area (Å²) in [5.41, 5.74) is 0. The van der Waals surface area contributed by atoms with Gasteiger partial charge in [0.25, 0.3) is 11.6 Å². The maximum atomic E-state index is 11.3. The van der Waals surface area contributed by atoms with E-state index in [1.807, 2.05) is 0 Å². The summed E-state index contributed by atoms with van der Waals surface area (Å²) < 4.78 is 0. The van der Waals surface area contributed by atoms with Crippen molar-refractivity contribution in [2.45, 2.75) is 103 Å². The molecule has 12 nitrogen and oxygen atoms in total. The minimum absolute atomic E-state index is 0.185. The fourth-order valence-corrected chi connectivity index (χ4v) is 3.08. The van der Waals surface area contributed by atoms with Crippen molar-refractivity contribution in [1.82, 2.24) is 0 Å². The quantitative estimate of drug-likeness (QED) is 0.295. The van der Waals surface area contributed by atoms with E-state index in [9.17, 15) is 19.2 Å². The molecule has 0 radical (unpaired) electrons. The van der Waals surface area contributed by atoms with Crippen molar-refractivity contribution in [3.05, 3.63) is 0 Å². The van der Waals surface area contributed by atoms with Crippen molar-refractivity contribution in [3.8, 4) is 0 Å². The zero-order valence-electron chi connectivity index (χ0n) is 19.0. The monoisotopic (exact) mass is 464 g/mol. The molecule has 0 unspecified atom stereocenters. The van der Waals surface area contributed by atoms with Crippen LogP contribution in [-0.2, 0) is 58.3 Å². The first-order valence-electron chi connectivity index (χ1n) is 10.5. The summed E-state index contributed by atoms with van der Waals surface area (Å²) in [6.45, 7) is 4.67. The highest BCUT2D eigenvalue weighted by Crippen LogP contribution is 2.34. The number of hydrogen-bond donors (Lipinski definition) is 0. The van der Waals surface area contributed by atoms with Crippen LogP contribution in [-0.4, -0.2) is 35.5 Å². The van der Waals surface area contributed by atoms with Crippen LogP contribution in [0.4, 0.5) is 0 Å². The van der Waals surface area contributed by atoms with Crippen LogP contribution < -0.4 is 0 Å². The third kappa shape index (κ3) is 11.4. The van der Waals surface area contributed by atoms with Crippen LogP contribution in [0.25, 0.3) is 0 Å². The Morgan fingerprint density at radius 1 is 0.438 bits per heavy atom. The lowest BCUT2D eigenvalue weighted by Gasteiger charge is -2.32. The van der Waals surface area contributed by atoms with Gasteiger partial charge in [0, 0.05) is 53.4 Å². The lowest BCUT2D eigenvalue weighted by atomic mass is 9.94. The zero-order valence-corrected chi connectivity index (χ0v) is 19.0. The van der Waals surface area contributed by atoms with E-state index >= 15 is 0 Å². The van der Waals surface area contributed by atoms with Crippen molar-refractivity contribution in [2.75, 3.05) is 0 Å². The van der Waals surface area contributed by atoms with Crippen LogP contribution in [0.15, 0.2) is 0 Å². The Balaban J connectivity index is 2.98. The standard InChI is InChI=1S/C20H32O12/c1-15(21)25-29-19(30-26-16(2)22)11-7-5-6-8-12-20(14-10-9-13-19,31-27-17(3)23)32-28-18(4)24/h5-14H2,1-4H3. The molecule has 1 aliphatic rings. The SMILES string of the molecule is CC(=O)OOC1(OOC(C)=O)CCCCCCC(OOC(C)=O)(OOC(C)=O)CCCC1. The summed E-state index contributed by atoms with van der Waals surface area (Å²) in [6, 6.07) is 0. The Hall–Kier alpha value is -2.28. The Morgan fingerprint density at radius 2 is 0.656 bits per heavy atom. The van der Waals surface area contributed by atoms with Gasteiger partial charge in [0.05, 0.1) is 0 Å². The fourth-order valence-electron chi connectivity index (χ4n) is 3.08. The van der Waals surface area contributed by atoms with E-state index in [1.54, 1.807) is 0 Å². The highest BCUT2D eigenvalue weighted by molar-refractivity contribution is 5.66. The van der Waals surface area contributed by atoms with Crippen LogP contribution in [0.5, 0.6) is 0 Å². The van der Waals surface area contributed by atoms with E-state index in [2.05, 4.69) is 0 Å². The van der Waals surface area contributed by atoms with E-state index in [-0.39, 0.29) is 12.8 Å². The Bertz CT molecular complexity index is 542. The molecule has 0 bridgehead atoms. The lowest BCUT2D eigenvalue weighted by Crippen LogP contribution is -2.39. The van der Waals surface area contributed by atoms with Gasteiger partial charge in [0.1, 0.15) is 0 Å². The predicted octanol–water partition coefficient (Wildman–Crippen LogP) is 3.27. The molecule has 0 amide bonds. The first-order valence-corrected chi connectivity index (χ1v) is 10.5. The smallest absolute Gasteiger partial charge is 0.296 e. The van der Waals surface area contributed by atoms with E-state index in [0.29, 0.717) is 51.4 Å². The molecular weight excluding hydrogens is 432 g/mol. The van der Waals surface area contributed by atoms with Crippen LogP contribution in [0.1, 0.15) is 91.9 Å². The molecule has 1 fully saturated rings. The Labute approximate surface area is 186 Å². The van der Waals surface area contributed by atoms with Crippen LogP contribution in [0.2, 0.25) is 0 Å². The maximum Gasteiger partial charge on any atom is 0.339 e. The number of carbonyl (C=O) groups excluding carboxylic acids is 4. The van der Waals surface area contributed by atoms with E-state index in [1.165, 1.54) is 27.7 Å². The van der Waals surface area contributed by atoms with Gasteiger partial charge in [0.15, 0.2) is 0 Å². The van der Waals surface area contributed by atoms with Crippen LogP contribution in [0, 0.1) is 0 Å². The molecule has 0 spiro atoms. The van der Waals surface area contributed by atoms with E-state index in [0.717, 1.165) is 0 Å². The fraction of sp³-hybridized carbons (Fsp3) is 0.800. The molecule has 0 aromatic rings. The second-order valence-corrected chi connectivity index (χ2v) is 7.58. The second kappa shape index (κ2) is 14.0. The third-order valence-corrected chi connectivity index (χ3v) is 4.47. The van der Waals surface area contributed by atoms with Crippen LogP contribution >= 0.6 is 0 Å². The molecule has 0 saturated heterocycles. The minimum Gasteiger partial charge on any atom is -0.296 e. The largest absolute Gasteiger partial charge is 0.339 e. The first kappa shape index (κ1) is 27.8. The molecule has 1 aliphatic carbocycles. The van der Waals surface area contributed by atoms with Gasteiger partial charge < -0.3 is 0 Å². The molecule has 1 saturated carbocycles. The Morgan fingerprint density at radius 3 is 0.875 bits per heavy atom. The summed E-state index contributed by atoms with van der Waals surface area (Å²) in [5.74, 6) is -5.74. The normalized spacial score (nSPS) is 18.9. The molecule has 1 rings (SSSR count). The number of hydrogen-bond acceptors (Lipinski definition) is 12. The van der Waals surface area contributed by atoms with Crippen molar-refractivity contribution >= 4 is 23.9 Å². The molecule has 0 aliphatic heterocycles. The van der Waals surface area contributed by atoms with Crippen molar-refractivity contribution in [3.63, 3.8) is 0 Å². The molecular formula is C20H32O12. The minimum atomic E-state index is -1.49. The van der Waals surface area contributed by atoms with Crippen molar-refractivity contribution in [1.29, 1.82) is 0 Å².